The highest BCUT2D eigenvalue weighted by Crippen LogP contribution is 2.00. The van der Waals surface area contributed by atoms with Crippen molar-refractivity contribution in [2.45, 2.75) is 94.1 Å². The van der Waals surface area contributed by atoms with Crippen LogP contribution in [-0.4, -0.2) is 48.6 Å². The second kappa shape index (κ2) is 36.3. The Bertz CT molecular complexity index is 228. The van der Waals surface area contributed by atoms with Gasteiger partial charge in [0.15, 0.2) is 0 Å². The van der Waals surface area contributed by atoms with E-state index in [1.807, 2.05) is 27.7 Å². The van der Waals surface area contributed by atoms with E-state index in [0.717, 1.165) is 12.8 Å². The maximum absolute atomic E-state index is 10.9. The molecule has 0 amide bonds. The second-order valence-electron chi connectivity index (χ2n) is 6.50. The van der Waals surface area contributed by atoms with Gasteiger partial charge in [0, 0.05) is 13.0 Å². The van der Waals surface area contributed by atoms with Gasteiger partial charge in [0.2, 0.25) is 0 Å². The van der Waals surface area contributed by atoms with Gasteiger partial charge in [0.05, 0.1) is 19.3 Å². The van der Waals surface area contributed by atoms with E-state index >= 15 is 0 Å². The lowest BCUT2D eigenvalue weighted by Crippen LogP contribution is -2.09. The molecule has 0 saturated heterocycles. The van der Waals surface area contributed by atoms with Gasteiger partial charge in [0.25, 0.3) is 0 Å². The monoisotopic (exact) mass is 396 g/mol. The Morgan fingerprint density at radius 1 is 1.00 bits per heavy atom. The summed E-state index contributed by atoms with van der Waals surface area (Å²) in [5, 5.41) is 16.4. The van der Waals surface area contributed by atoms with Crippen molar-refractivity contribution in [3.8, 4) is 0 Å². The third-order valence-electron chi connectivity index (χ3n) is 2.64. The molecule has 27 heavy (non-hydrogen) atoms. The molecule has 6 heteroatoms. The molecule has 0 rings (SSSR count). The summed E-state index contributed by atoms with van der Waals surface area (Å²) >= 11 is 0. The first-order chi connectivity index (χ1) is 12.6. The fourth-order valence-electron chi connectivity index (χ4n) is 0.727. The number of ether oxygens (including phenoxy) is 1. The Morgan fingerprint density at radius 2 is 1.37 bits per heavy atom. The molecule has 0 aliphatic carbocycles. The molecule has 0 aliphatic heterocycles. The number of rotatable bonds is 8. The molecule has 0 spiro atoms. The number of aliphatic hydroxyl groups excluding tert-OH is 2. The fourth-order valence-corrected chi connectivity index (χ4v) is 0.727. The predicted molar refractivity (Wildman–Crippen MR) is 119 cm³/mol. The number of esters is 1. The molecular weight excluding hydrogens is 344 g/mol. The molecule has 1 unspecified atom stereocenters. The molecule has 6 nitrogen and oxygen atoms in total. The Morgan fingerprint density at radius 3 is 1.59 bits per heavy atom. The van der Waals surface area contributed by atoms with E-state index in [1.165, 1.54) is 6.42 Å². The number of hydrogen-bond donors (Lipinski definition) is 4. The van der Waals surface area contributed by atoms with Crippen LogP contribution in [0.15, 0.2) is 0 Å². The second-order valence-corrected chi connectivity index (χ2v) is 6.50. The maximum Gasteiger partial charge on any atom is 0.305 e. The van der Waals surface area contributed by atoms with Gasteiger partial charge in [-0.05, 0) is 38.1 Å². The van der Waals surface area contributed by atoms with Gasteiger partial charge in [-0.2, -0.15) is 0 Å². The normalized spacial score (nSPS) is 10.0. The number of hydrogen-bond acceptors (Lipinski definition) is 6. The quantitative estimate of drug-likeness (QED) is 0.464. The number of aliphatic hydroxyl groups is 2. The lowest BCUT2D eigenvalue weighted by atomic mass is 10.1. The Balaban J connectivity index is -0.0000000898. The largest absolute Gasteiger partial charge is 0.466 e. The van der Waals surface area contributed by atoms with Gasteiger partial charge in [-0.3, -0.25) is 4.79 Å². The van der Waals surface area contributed by atoms with Crippen molar-refractivity contribution in [2.24, 2.45) is 23.3 Å². The molecule has 0 aromatic carbocycles. The fraction of sp³-hybridized carbons (Fsp3) is 0.952. The summed E-state index contributed by atoms with van der Waals surface area (Å²) < 4.78 is 4.96. The van der Waals surface area contributed by atoms with Crippen LogP contribution < -0.4 is 11.5 Å². The van der Waals surface area contributed by atoms with Crippen LogP contribution in [0.3, 0.4) is 0 Å². The highest BCUT2D eigenvalue weighted by Gasteiger charge is 2.01. The van der Waals surface area contributed by atoms with Crippen molar-refractivity contribution in [2.75, 3.05) is 26.3 Å². The molecule has 0 aromatic rings. The van der Waals surface area contributed by atoms with Crippen LogP contribution in [0.2, 0.25) is 0 Å². The van der Waals surface area contributed by atoms with E-state index in [1.54, 1.807) is 6.92 Å². The summed E-state index contributed by atoms with van der Waals surface area (Å²) in [5.41, 5.74) is 10.0. The molecule has 0 bridgehead atoms. The lowest BCUT2D eigenvalue weighted by molar-refractivity contribution is -0.144. The molecule has 0 aliphatic rings. The van der Waals surface area contributed by atoms with Gasteiger partial charge in [0.1, 0.15) is 0 Å². The SMILES string of the molecule is CC.CC(C)C(C)O.CC(C)CCOC(=O)CCCN.CCC.NCCO. The molecular formula is C21H52N2O4. The zero-order chi connectivity index (χ0) is 22.7. The third-order valence-corrected chi connectivity index (χ3v) is 2.64. The minimum Gasteiger partial charge on any atom is -0.466 e. The van der Waals surface area contributed by atoms with Crippen LogP contribution in [0.1, 0.15) is 88.0 Å². The van der Waals surface area contributed by atoms with E-state index < -0.39 is 0 Å². The van der Waals surface area contributed by atoms with Crippen LogP contribution in [0.4, 0.5) is 0 Å². The van der Waals surface area contributed by atoms with Gasteiger partial charge >= 0.3 is 5.97 Å². The molecule has 1 atom stereocenters. The molecule has 0 radical (unpaired) electrons. The number of nitrogens with two attached hydrogens (primary N) is 2. The van der Waals surface area contributed by atoms with E-state index in [4.69, 9.17) is 26.4 Å². The minimum atomic E-state index is -0.148. The molecule has 0 fully saturated rings. The average molecular weight is 397 g/mol. The summed E-state index contributed by atoms with van der Waals surface area (Å²) in [5.74, 6) is 0.874. The van der Waals surface area contributed by atoms with Gasteiger partial charge in [-0.25, -0.2) is 0 Å². The molecule has 0 saturated carbocycles. The first kappa shape index (κ1) is 37.1. The molecule has 0 heterocycles. The van der Waals surface area contributed by atoms with Crippen molar-refractivity contribution in [1.29, 1.82) is 0 Å². The maximum atomic E-state index is 10.9. The van der Waals surface area contributed by atoms with Gasteiger partial charge in [-0.1, -0.05) is 61.8 Å². The highest BCUT2D eigenvalue weighted by molar-refractivity contribution is 5.69. The van der Waals surface area contributed by atoms with E-state index in [9.17, 15) is 4.79 Å². The average Bonchev–Trinajstić information content (AvgIpc) is 2.62. The highest BCUT2D eigenvalue weighted by atomic mass is 16.5. The number of carbonyl (C=O) groups is 1. The van der Waals surface area contributed by atoms with Gasteiger partial charge in [-0.15, -0.1) is 0 Å². The molecule has 6 N–H and O–H groups in total. The lowest BCUT2D eigenvalue weighted by Gasteiger charge is -2.05. The van der Waals surface area contributed by atoms with Crippen LogP contribution in [0, 0.1) is 11.8 Å². The van der Waals surface area contributed by atoms with E-state index in [2.05, 4.69) is 27.7 Å². The predicted octanol–water partition coefficient (Wildman–Crippen LogP) is 3.72. The van der Waals surface area contributed by atoms with Crippen LogP contribution in [0.25, 0.3) is 0 Å². The summed E-state index contributed by atoms with van der Waals surface area (Å²) in [4.78, 5) is 10.9. The van der Waals surface area contributed by atoms with Crippen LogP contribution >= 0.6 is 0 Å². The van der Waals surface area contributed by atoms with Crippen LogP contribution in [-0.2, 0) is 9.53 Å². The zero-order valence-electron chi connectivity index (χ0n) is 19.8. The van der Waals surface area contributed by atoms with E-state index in [0.29, 0.717) is 38.0 Å². The van der Waals surface area contributed by atoms with Crippen molar-refractivity contribution < 1.29 is 19.7 Å². The van der Waals surface area contributed by atoms with Crippen LogP contribution in [0.5, 0.6) is 0 Å². The molecule has 170 valence electrons. The summed E-state index contributed by atoms with van der Waals surface area (Å²) in [6.45, 7) is 19.8. The topological polar surface area (TPSA) is 119 Å². The minimum absolute atomic E-state index is 0.0972. The van der Waals surface area contributed by atoms with Crippen molar-refractivity contribution in [3.05, 3.63) is 0 Å². The van der Waals surface area contributed by atoms with Crippen molar-refractivity contribution in [1.82, 2.24) is 0 Å². The number of carbonyl (C=O) groups excluding carboxylic acids is 1. The van der Waals surface area contributed by atoms with Gasteiger partial charge < -0.3 is 26.4 Å². The first-order valence-corrected chi connectivity index (χ1v) is 10.5. The summed E-state index contributed by atoms with van der Waals surface area (Å²) in [7, 11) is 0. The van der Waals surface area contributed by atoms with E-state index in [-0.39, 0.29) is 18.7 Å². The zero-order valence-corrected chi connectivity index (χ0v) is 19.8. The van der Waals surface area contributed by atoms with Crippen molar-refractivity contribution in [3.63, 3.8) is 0 Å². The smallest absolute Gasteiger partial charge is 0.305 e. The standard InChI is InChI=1S/C9H19NO2.C5H12O.C3H8.C2H7NO.C2H6/c1-8(2)5-7-12-9(11)4-3-6-10;1-4(2)5(3)6;1-3-2;3-1-2-4;1-2/h8H,3-7,10H2,1-2H3;4-6H,1-3H3;3H2,1-2H3;4H,1-3H2;1-2H3. The Hall–Kier alpha value is -0.690. The first-order valence-electron chi connectivity index (χ1n) is 10.5. The van der Waals surface area contributed by atoms with Crippen molar-refractivity contribution >= 4 is 5.97 Å². The third kappa shape index (κ3) is 67.2. The molecule has 0 aromatic heterocycles. The Kier molecular flexibility index (Phi) is 49.8. The summed E-state index contributed by atoms with van der Waals surface area (Å²) in [6.07, 6.45) is 3.22. The Labute approximate surface area is 170 Å². The summed E-state index contributed by atoms with van der Waals surface area (Å²) in [6, 6.07) is 0.